The number of nitrogens with one attached hydrogen (secondary N) is 1. The lowest BCUT2D eigenvalue weighted by molar-refractivity contribution is -0.0731. The van der Waals surface area contributed by atoms with Gasteiger partial charge in [-0.15, -0.1) is 0 Å². The zero-order valence-electron chi connectivity index (χ0n) is 8.88. The fourth-order valence-corrected chi connectivity index (χ4v) is 1.26. The Morgan fingerprint density at radius 3 is 2.77 bits per heavy atom. The lowest BCUT2D eigenvalue weighted by atomic mass is 10.2. The van der Waals surface area contributed by atoms with Gasteiger partial charge >= 0.3 is 0 Å². The van der Waals surface area contributed by atoms with Gasteiger partial charge in [0.05, 0.1) is 18.8 Å². The van der Waals surface area contributed by atoms with E-state index >= 15 is 0 Å². The van der Waals surface area contributed by atoms with Crippen LogP contribution in [-0.4, -0.2) is 45.6 Å². The molecule has 1 rings (SSSR count). The summed E-state index contributed by atoms with van der Waals surface area (Å²) in [5.41, 5.74) is 4.50. The van der Waals surface area contributed by atoms with Crippen LogP contribution in [0.4, 0.5) is 0 Å². The van der Waals surface area contributed by atoms with E-state index in [0.717, 1.165) is 26.3 Å². The highest BCUT2D eigenvalue weighted by Gasteiger charge is 2.20. The molecule has 80 valence electrons. The molecule has 1 aliphatic heterocycles. The molecule has 0 amide bonds. The summed E-state index contributed by atoms with van der Waals surface area (Å²) in [4.78, 5) is 0. The van der Waals surface area contributed by atoms with E-state index in [1.165, 1.54) is 7.05 Å². The second-order valence-corrected chi connectivity index (χ2v) is 2.77. The Balaban J connectivity index is 0.000000671. The van der Waals surface area contributed by atoms with Crippen LogP contribution < -0.4 is 11.1 Å². The van der Waals surface area contributed by atoms with E-state index in [1.54, 1.807) is 0 Å². The van der Waals surface area contributed by atoms with Crippen LogP contribution in [-0.2, 0) is 9.47 Å². The molecule has 0 aromatic rings. The van der Waals surface area contributed by atoms with Gasteiger partial charge in [0.15, 0.2) is 0 Å². The van der Waals surface area contributed by atoms with Crippen molar-refractivity contribution in [3.05, 3.63) is 0 Å². The van der Waals surface area contributed by atoms with Crippen molar-refractivity contribution in [1.82, 2.24) is 5.32 Å². The third-order valence-corrected chi connectivity index (χ3v) is 1.91. The monoisotopic (exact) mass is 190 g/mol. The van der Waals surface area contributed by atoms with E-state index in [4.69, 9.17) is 9.47 Å². The molecule has 4 nitrogen and oxygen atoms in total. The fourth-order valence-electron chi connectivity index (χ4n) is 1.26. The molecule has 1 aliphatic rings. The number of hydrogen-bond acceptors (Lipinski definition) is 4. The first-order chi connectivity index (χ1) is 6.34. The molecule has 3 N–H and O–H groups in total. The Hall–Kier alpha value is -0.160. The van der Waals surface area contributed by atoms with Gasteiger partial charge in [-0.05, 0) is 20.9 Å². The normalized spacial score (nSPS) is 24.5. The van der Waals surface area contributed by atoms with Crippen molar-refractivity contribution in [2.75, 3.05) is 33.4 Å². The second-order valence-electron chi connectivity index (χ2n) is 2.77. The third kappa shape index (κ3) is 5.21. The molecule has 0 aromatic carbocycles. The predicted molar refractivity (Wildman–Crippen MR) is 53.8 cm³/mol. The predicted octanol–water partition coefficient (Wildman–Crippen LogP) is -0.0253. The molecular formula is C9H22N2O2. The van der Waals surface area contributed by atoms with Gasteiger partial charge in [-0.25, -0.2) is 0 Å². The maximum absolute atomic E-state index is 5.50. The van der Waals surface area contributed by atoms with Crippen molar-refractivity contribution in [3.8, 4) is 0 Å². The number of morpholine rings is 1. The quantitative estimate of drug-likeness (QED) is 0.656. The molecule has 13 heavy (non-hydrogen) atoms. The summed E-state index contributed by atoms with van der Waals surface area (Å²) in [6.07, 6.45) is 0.455. The summed E-state index contributed by atoms with van der Waals surface area (Å²) < 4.78 is 10.9. The van der Waals surface area contributed by atoms with Crippen LogP contribution in [0.25, 0.3) is 0 Å². The molecule has 1 saturated heterocycles. The van der Waals surface area contributed by atoms with Crippen LogP contribution >= 0.6 is 0 Å². The summed E-state index contributed by atoms with van der Waals surface area (Å²) in [6.45, 7) is 7.52. The summed E-state index contributed by atoms with van der Waals surface area (Å²) in [5.74, 6) is 0. The summed E-state index contributed by atoms with van der Waals surface area (Å²) >= 11 is 0. The molecule has 0 bridgehead atoms. The molecule has 4 heteroatoms. The fraction of sp³-hybridized carbons (Fsp3) is 1.00. The molecule has 2 atom stereocenters. The van der Waals surface area contributed by atoms with Crippen molar-refractivity contribution in [2.24, 2.45) is 5.73 Å². The molecule has 0 radical (unpaired) electrons. The average Bonchev–Trinajstić information content (AvgIpc) is 2.23. The van der Waals surface area contributed by atoms with Gasteiger partial charge in [0.1, 0.15) is 0 Å². The van der Waals surface area contributed by atoms with E-state index in [9.17, 15) is 0 Å². The number of hydrogen-bond donors (Lipinski definition) is 2. The van der Waals surface area contributed by atoms with Crippen molar-refractivity contribution in [3.63, 3.8) is 0 Å². The van der Waals surface area contributed by atoms with Gasteiger partial charge in [-0.3, -0.25) is 0 Å². The maximum Gasteiger partial charge on any atom is 0.0958 e. The highest BCUT2D eigenvalue weighted by molar-refractivity contribution is 4.72. The first-order valence-corrected chi connectivity index (χ1v) is 4.86. The van der Waals surface area contributed by atoms with Crippen LogP contribution in [0, 0.1) is 0 Å². The minimum Gasteiger partial charge on any atom is -0.376 e. The van der Waals surface area contributed by atoms with E-state index in [-0.39, 0.29) is 12.2 Å². The Kier molecular flexibility index (Phi) is 8.33. The molecule has 0 saturated carbocycles. The lowest BCUT2D eigenvalue weighted by Gasteiger charge is -2.28. The molecule has 0 aromatic heterocycles. The van der Waals surface area contributed by atoms with Crippen LogP contribution in [0.1, 0.15) is 13.8 Å². The number of nitrogens with two attached hydrogens (primary N) is 1. The van der Waals surface area contributed by atoms with Gasteiger partial charge in [0.25, 0.3) is 0 Å². The molecule has 0 aliphatic carbocycles. The molecule has 0 spiro atoms. The number of ether oxygens (including phenoxy) is 2. The van der Waals surface area contributed by atoms with E-state index in [1.807, 2.05) is 6.92 Å². The molecule has 1 heterocycles. The van der Waals surface area contributed by atoms with Gasteiger partial charge in [-0.2, -0.15) is 0 Å². The van der Waals surface area contributed by atoms with Crippen LogP contribution in [0.3, 0.4) is 0 Å². The van der Waals surface area contributed by atoms with Crippen molar-refractivity contribution >= 4 is 0 Å². The SMILES string of the molecule is CCOC(C)C1CNCCO1.CN. The van der Waals surface area contributed by atoms with Crippen molar-refractivity contribution in [2.45, 2.75) is 26.1 Å². The van der Waals surface area contributed by atoms with Crippen molar-refractivity contribution in [1.29, 1.82) is 0 Å². The summed E-state index contributed by atoms with van der Waals surface area (Å²) in [5, 5.41) is 3.27. The van der Waals surface area contributed by atoms with Gasteiger partial charge in [0.2, 0.25) is 0 Å². The smallest absolute Gasteiger partial charge is 0.0958 e. The topological polar surface area (TPSA) is 56.5 Å². The van der Waals surface area contributed by atoms with Gasteiger partial charge in [-0.1, -0.05) is 0 Å². The van der Waals surface area contributed by atoms with Crippen LogP contribution in [0.15, 0.2) is 0 Å². The molecule has 2 unspecified atom stereocenters. The maximum atomic E-state index is 5.50. The highest BCUT2D eigenvalue weighted by atomic mass is 16.5. The lowest BCUT2D eigenvalue weighted by Crippen LogP contribution is -2.45. The van der Waals surface area contributed by atoms with Crippen LogP contribution in [0.5, 0.6) is 0 Å². The van der Waals surface area contributed by atoms with E-state index in [2.05, 4.69) is 18.0 Å². The molecule has 1 fully saturated rings. The van der Waals surface area contributed by atoms with E-state index in [0.29, 0.717) is 0 Å². The van der Waals surface area contributed by atoms with Gasteiger partial charge in [0, 0.05) is 19.7 Å². The minimum atomic E-state index is 0.216. The van der Waals surface area contributed by atoms with E-state index < -0.39 is 0 Å². The van der Waals surface area contributed by atoms with Crippen LogP contribution in [0.2, 0.25) is 0 Å². The zero-order chi connectivity index (χ0) is 10.1. The standard InChI is InChI=1S/C8H17NO2.CH5N/c1-3-10-7(2)8-6-9-4-5-11-8;1-2/h7-9H,3-6H2,1-2H3;2H2,1H3. The Morgan fingerprint density at radius 1 is 1.62 bits per heavy atom. The third-order valence-electron chi connectivity index (χ3n) is 1.91. The minimum absolute atomic E-state index is 0.216. The first kappa shape index (κ1) is 12.8. The average molecular weight is 190 g/mol. The second kappa shape index (κ2) is 8.44. The largest absolute Gasteiger partial charge is 0.376 e. The Labute approximate surface area is 80.8 Å². The summed E-state index contributed by atoms with van der Waals surface area (Å²) in [7, 11) is 1.50. The van der Waals surface area contributed by atoms with Crippen molar-refractivity contribution < 1.29 is 9.47 Å². The number of rotatable bonds is 3. The van der Waals surface area contributed by atoms with Gasteiger partial charge < -0.3 is 20.5 Å². The molecular weight excluding hydrogens is 168 g/mol. The first-order valence-electron chi connectivity index (χ1n) is 4.86. The Morgan fingerprint density at radius 2 is 2.31 bits per heavy atom. The zero-order valence-corrected chi connectivity index (χ0v) is 8.88. The Bertz CT molecular complexity index is 106. The highest BCUT2D eigenvalue weighted by Crippen LogP contribution is 2.05. The summed E-state index contributed by atoms with van der Waals surface area (Å²) in [6, 6.07) is 0.